The molecule has 11 heteroatoms. The molecule has 0 saturated carbocycles. The number of hydrogen-bond donors (Lipinski definition) is 3. The number of amides is 2. The van der Waals surface area contributed by atoms with Gasteiger partial charge in [-0.15, -0.1) is 11.3 Å². The Labute approximate surface area is 199 Å². The minimum atomic E-state index is -0.518. The Morgan fingerprint density at radius 3 is 2.85 bits per heavy atom. The van der Waals surface area contributed by atoms with Crippen LogP contribution in [0.5, 0.6) is 0 Å². The fraction of sp³-hybridized carbons (Fsp3) is 0.348. The van der Waals surface area contributed by atoms with Crippen molar-refractivity contribution in [2.24, 2.45) is 11.7 Å². The van der Waals surface area contributed by atoms with Crippen LogP contribution >= 0.6 is 11.3 Å². The maximum atomic E-state index is 12.5. The molecule has 0 radical (unpaired) electrons. The van der Waals surface area contributed by atoms with Gasteiger partial charge in [-0.1, -0.05) is 0 Å². The number of anilines is 1. The van der Waals surface area contributed by atoms with Crippen LogP contribution in [0.25, 0.3) is 26.5 Å². The van der Waals surface area contributed by atoms with Crippen LogP contribution in [0.1, 0.15) is 34.6 Å². The zero-order valence-electron chi connectivity index (χ0n) is 18.7. The molecule has 6 rings (SSSR count). The molecule has 0 atom stereocenters. The van der Waals surface area contributed by atoms with E-state index in [1.54, 1.807) is 10.7 Å². The number of pyridine rings is 1. The van der Waals surface area contributed by atoms with E-state index in [2.05, 4.69) is 25.8 Å². The highest BCUT2D eigenvalue weighted by Gasteiger charge is 2.27. The van der Waals surface area contributed by atoms with Crippen molar-refractivity contribution in [3.8, 4) is 21.7 Å². The summed E-state index contributed by atoms with van der Waals surface area (Å²) < 4.78 is 3.79. The summed E-state index contributed by atoms with van der Waals surface area (Å²) in [6.45, 7) is 4.57. The van der Waals surface area contributed by atoms with Crippen molar-refractivity contribution in [1.82, 2.24) is 29.7 Å². The minimum absolute atomic E-state index is 0.0247. The van der Waals surface area contributed by atoms with Crippen molar-refractivity contribution < 1.29 is 9.59 Å². The van der Waals surface area contributed by atoms with Gasteiger partial charge in [0.25, 0.3) is 5.91 Å². The van der Waals surface area contributed by atoms with E-state index in [0.717, 1.165) is 59.9 Å². The lowest BCUT2D eigenvalue weighted by molar-refractivity contribution is -0.117. The summed E-state index contributed by atoms with van der Waals surface area (Å²) in [5.41, 5.74) is 11.3. The molecule has 0 spiro atoms. The van der Waals surface area contributed by atoms with Crippen LogP contribution < -0.4 is 16.4 Å². The molecule has 1 saturated heterocycles. The number of hydrogen-bond acceptors (Lipinski definition) is 7. The molecule has 0 bridgehead atoms. The number of aromatic nitrogens is 5. The van der Waals surface area contributed by atoms with E-state index in [1.165, 1.54) is 23.2 Å². The zero-order chi connectivity index (χ0) is 23.4. The van der Waals surface area contributed by atoms with Crippen molar-refractivity contribution in [3.63, 3.8) is 0 Å². The van der Waals surface area contributed by atoms with Crippen LogP contribution in [0.3, 0.4) is 0 Å². The van der Waals surface area contributed by atoms with Gasteiger partial charge in [-0.05, 0) is 44.8 Å². The smallest absolute Gasteiger partial charge is 0.253 e. The third-order valence-electron chi connectivity index (χ3n) is 6.56. The molecule has 174 valence electrons. The van der Waals surface area contributed by atoms with Gasteiger partial charge < -0.3 is 16.4 Å². The SMILES string of the molecule is Cc1ncc(NC(=O)CC2CNC2)cc1-c1c(-c2cnn3c2CCC3)sc2c(C(N)=O)cnn12. The third-order valence-corrected chi connectivity index (χ3v) is 7.76. The predicted octanol–water partition coefficient (Wildman–Crippen LogP) is 2.22. The highest BCUT2D eigenvalue weighted by molar-refractivity contribution is 7.21. The molecule has 6 heterocycles. The molecular weight excluding hydrogens is 452 g/mol. The van der Waals surface area contributed by atoms with Gasteiger partial charge in [0, 0.05) is 35.5 Å². The number of carbonyl (C=O) groups excluding carboxylic acids is 2. The minimum Gasteiger partial charge on any atom is -0.365 e. The molecule has 1 fully saturated rings. The quantitative estimate of drug-likeness (QED) is 0.391. The van der Waals surface area contributed by atoms with Crippen LogP contribution in [-0.2, 0) is 17.8 Å². The number of fused-ring (bicyclic) bond motifs is 2. The molecule has 34 heavy (non-hydrogen) atoms. The number of aryl methyl sites for hydroxylation is 2. The summed E-state index contributed by atoms with van der Waals surface area (Å²) >= 11 is 1.48. The summed E-state index contributed by atoms with van der Waals surface area (Å²) in [5, 5.41) is 15.3. The van der Waals surface area contributed by atoms with E-state index < -0.39 is 5.91 Å². The Balaban J connectivity index is 1.48. The molecule has 0 aliphatic carbocycles. The normalized spacial score (nSPS) is 15.4. The maximum Gasteiger partial charge on any atom is 0.253 e. The molecule has 0 aromatic carbocycles. The standard InChI is InChI=1S/C23H24N8O2S/c1-12-15(6-14(9-26-12)29-19(32)5-13-7-25-8-13)20-21(16-10-27-30-4-2-3-18(16)30)34-23-17(22(24)33)11-28-31(20)23/h6,9-11,13,25H,2-5,7-8H2,1H3,(H2,24,33)(H,29,32). The highest BCUT2D eigenvalue weighted by atomic mass is 32.1. The van der Waals surface area contributed by atoms with E-state index in [9.17, 15) is 9.59 Å². The van der Waals surface area contributed by atoms with Gasteiger partial charge >= 0.3 is 0 Å². The molecule has 4 aromatic rings. The van der Waals surface area contributed by atoms with E-state index in [-0.39, 0.29) is 5.91 Å². The number of carbonyl (C=O) groups is 2. The average molecular weight is 477 g/mol. The second-order valence-corrected chi connectivity index (χ2v) is 9.88. The number of nitrogens with two attached hydrogens (primary N) is 1. The van der Waals surface area contributed by atoms with E-state index in [4.69, 9.17) is 5.73 Å². The number of nitrogens with one attached hydrogen (secondary N) is 2. The fourth-order valence-electron chi connectivity index (χ4n) is 4.69. The van der Waals surface area contributed by atoms with Gasteiger partial charge in [-0.25, -0.2) is 4.52 Å². The van der Waals surface area contributed by atoms with Crippen LogP contribution in [-0.4, -0.2) is 49.3 Å². The first kappa shape index (κ1) is 21.0. The van der Waals surface area contributed by atoms with Crippen LogP contribution in [0.2, 0.25) is 0 Å². The summed E-state index contributed by atoms with van der Waals surface area (Å²) in [5.74, 6) is -0.166. The number of primary amides is 1. The highest BCUT2D eigenvalue weighted by Crippen LogP contribution is 2.43. The molecule has 2 aliphatic rings. The topological polar surface area (TPSA) is 132 Å². The lowest BCUT2D eigenvalue weighted by Gasteiger charge is -2.26. The summed E-state index contributed by atoms with van der Waals surface area (Å²) in [7, 11) is 0. The molecular formula is C23H24N8O2S. The van der Waals surface area contributed by atoms with E-state index >= 15 is 0 Å². The van der Waals surface area contributed by atoms with Crippen molar-refractivity contribution in [1.29, 1.82) is 0 Å². The number of thiazole rings is 1. The molecule has 2 amide bonds. The molecule has 10 nitrogen and oxygen atoms in total. The van der Waals surface area contributed by atoms with E-state index in [1.807, 2.05) is 23.9 Å². The second-order valence-electron chi connectivity index (χ2n) is 8.88. The Hall–Kier alpha value is -3.57. The fourth-order valence-corrected chi connectivity index (χ4v) is 5.94. The first-order chi connectivity index (χ1) is 16.5. The van der Waals surface area contributed by atoms with Crippen molar-refractivity contribution in [2.75, 3.05) is 18.4 Å². The van der Waals surface area contributed by atoms with Crippen molar-refractivity contribution >= 4 is 33.7 Å². The zero-order valence-corrected chi connectivity index (χ0v) is 19.5. The monoisotopic (exact) mass is 476 g/mol. The second kappa shape index (κ2) is 8.03. The number of rotatable bonds is 6. The van der Waals surface area contributed by atoms with Crippen LogP contribution in [0.15, 0.2) is 24.7 Å². The van der Waals surface area contributed by atoms with Gasteiger partial charge in [0.15, 0.2) is 0 Å². The first-order valence-electron chi connectivity index (χ1n) is 11.3. The lowest BCUT2D eigenvalue weighted by atomic mass is 9.99. The summed E-state index contributed by atoms with van der Waals surface area (Å²) in [6.07, 6.45) is 7.54. The Bertz CT molecular complexity index is 1440. The lowest BCUT2D eigenvalue weighted by Crippen LogP contribution is -2.43. The molecule has 0 unspecified atom stereocenters. The van der Waals surface area contributed by atoms with E-state index in [0.29, 0.717) is 28.4 Å². The van der Waals surface area contributed by atoms with Gasteiger partial charge in [0.2, 0.25) is 5.91 Å². The largest absolute Gasteiger partial charge is 0.365 e. The van der Waals surface area contributed by atoms with Gasteiger partial charge in [-0.3, -0.25) is 19.3 Å². The third kappa shape index (κ3) is 3.39. The Morgan fingerprint density at radius 1 is 1.24 bits per heavy atom. The van der Waals surface area contributed by atoms with Crippen LogP contribution in [0.4, 0.5) is 5.69 Å². The van der Waals surface area contributed by atoms with Crippen molar-refractivity contribution in [2.45, 2.75) is 32.7 Å². The molecule has 4 aromatic heterocycles. The van der Waals surface area contributed by atoms with Gasteiger partial charge in [0.05, 0.1) is 40.4 Å². The summed E-state index contributed by atoms with van der Waals surface area (Å²) in [4.78, 5) is 30.8. The van der Waals surface area contributed by atoms with Crippen LogP contribution in [0, 0.1) is 12.8 Å². The van der Waals surface area contributed by atoms with Crippen molar-refractivity contribution in [3.05, 3.63) is 41.6 Å². The predicted molar refractivity (Wildman–Crippen MR) is 129 cm³/mol. The number of nitrogens with zero attached hydrogens (tertiary/aromatic N) is 5. The molecule has 4 N–H and O–H groups in total. The maximum absolute atomic E-state index is 12.5. The Morgan fingerprint density at radius 2 is 2.09 bits per heavy atom. The Kier molecular flexibility index (Phi) is 4.96. The molecule has 2 aliphatic heterocycles. The summed E-state index contributed by atoms with van der Waals surface area (Å²) in [6, 6.07) is 1.93. The average Bonchev–Trinajstić information content (AvgIpc) is 3.52. The van der Waals surface area contributed by atoms with Gasteiger partial charge in [-0.2, -0.15) is 10.2 Å². The van der Waals surface area contributed by atoms with Gasteiger partial charge in [0.1, 0.15) is 4.83 Å². The first-order valence-corrected chi connectivity index (χ1v) is 12.1.